The van der Waals surface area contributed by atoms with Gasteiger partial charge in [-0.3, -0.25) is 9.59 Å². The third-order valence-corrected chi connectivity index (χ3v) is 6.33. The lowest BCUT2D eigenvalue weighted by atomic mass is 10.0. The third kappa shape index (κ3) is 4.44. The van der Waals surface area contributed by atoms with Crippen molar-refractivity contribution in [2.75, 3.05) is 26.8 Å². The fourth-order valence-corrected chi connectivity index (χ4v) is 4.41. The fourth-order valence-electron chi connectivity index (χ4n) is 3.59. The number of halogens is 1. The van der Waals surface area contributed by atoms with Gasteiger partial charge in [0, 0.05) is 36.4 Å². The van der Waals surface area contributed by atoms with Gasteiger partial charge in [0.05, 0.1) is 18.4 Å². The molecule has 1 aliphatic carbocycles. The summed E-state index contributed by atoms with van der Waals surface area (Å²) >= 11 is 1.54. The number of carbonyl (C=O) groups is 2. The van der Waals surface area contributed by atoms with E-state index in [0.717, 1.165) is 17.7 Å². The second kappa shape index (κ2) is 9.06. The van der Waals surface area contributed by atoms with Crippen LogP contribution in [-0.4, -0.2) is 54.2 Å². The zero-order chi connectivity index (χ0) is 21.1. The van der Waals surface area contributed by atoms with Crippen LogP contribution >= 0.6 is 11.3 Å². The first kappa shape index (κ1) is 20.7. The molecule has 30 heavy (non-hydrogen) atoms. The number of benzene rings is 1. The Morgan fingerprint density at radius 2 is 2.07 bits per heavy atom. The monoisotopic (exact) mass is 429 g/mol. The fraction of sp³-hybridized carbons (Fsp3) is 0.409. The molecule has 6 nitrogen and oxygen atoms in total. The van der Waals surface area contributed by atoms with Crippen LogP contribution in [0.15, 0.2) is 46.9 Å². The Morgan fingerprint density at radius 3 is 2.73 bits per heavy atom. The van der Waals surface area contributed by atoms with Crippen molar-refractivity contribution in [3.63, 3.8) is 0 Å². The van der Waals surface area contributed by atoms with E-state index in [9.17, 15) is 14.0 Å². The Bertz CT molecular complexity index is 943. The van der Waals surface area contributed by atoms with E-state index in [1.54, 1.807) is 30.2 Å². The van der Waals surface area contributed by atoms with E-state index in [-0.39, 0.29) is 36.1 Å². The highest BCUT2D eigenvalue weighted by Crippen LogP contribution is 2.36. The smallest absolute Gasteiger partial charge is 0.262 e. The molecule has 0 bridgehead atoms. The van der Waals surface area contributed by atoms with E-state index in [1.165, 1.54) is 22.4 Å². The van der Waals surface area contributed by atoms with Crippen LogP contribution in [0.5, 0.6) is 0 Å². The van der Waals surface area contributed by atoms with Gasteiger partial charge in [-0.1, -0.05) is 24.3 Å². The summed E-state index contributed by atoms with van der Waals surface area (Å²) in [5.41, 5.74) is 0.941. The lowest BCUT2D eigenvalue weighted by Gasteiger charge is -2.26. The van der Waals surface area contributed by atoms with E-state index >= 15 is 0 Å². The summed E-state index contributed by atoms with van der Waals surface area (Å²) in [6.07, 6.45) is 2.17. The van der Waals surface area contributed by atoms with Gasteiger partial charge in [0.25, 0.3) is 5.91 Å². The minimum atomic E-state index is -0.360. The van der Waals surface area contributed by atoms with Gasteiger partial charge in [-0.2, -0.15) is 5.10 Å². The zero-order valence-corrected chi connectivity index (χ0v) is 17.6. The summed E-state index contributed by atoms with van der Waals surface area (Å²) in [4.78, 5) is 28.4. The van der Waals surface area contributed by atoms with Crippen molar-refractivity contribution in [2.24, 2.45) is 11.0 Å². The van der Waals surface area contributed by atoms with E-state index < -0.39 is 0 Å². The maximum atomic E-state index is 14.3. The molecule has 0 N–H and O–H groups in total. The molecule has 4 rings (SSSR count). The summed E-state index contributed by atoms with van der Waals surface area (Å²) in [5.74, 6) is -0.629. The summed E-state index contributed by atoms with van der Waals surface area (Å²) in [6.45, 7) is 0.664. The molecular weight excluding hydrogens is 405 g/mol. The number of carbonyl (C=O) groups excluding carboxylic acids is 2. The van der Waals surface area contributed by atoms with Crippen LogP contribution in [0.3, 0.4) is 0 Å². The van der Waals surface area contributed by atoms with Gasteiger partial charge < -0.3 is 9.64 Å². The summed E-state index contributed by atoms with van der Waals surface area (Å²) < 4.78 is 19.5. The maximum Gasteiger partial charge on any atom is 0.262 e. The van der Waals surface area contributed by atoms with Crippen molar-refractivity contribution in [1.29, 1.82) is 0 Å². The zero-order valence-electron chi connectivity index (χ0n) is 16.8. The Labute approximate surface area is 178 Å². The number of rotatable bonds is 8. The van der Waals surface area contributed by atoms with Crippen LogP contribution in [-0.2, 0) is 14.3 Å². The van der Waals surface area contributed by atoms with Crippen LogP contribution in [0.2, 0.25) is 0 Å². The Kier molecular flexibility index (Phi) is 6.24. The Morgan fingerprint density at radius 1 is 1.27 bits per heavy atom. The summed E-state index contributed by atoms with van der Waals surface area (Å²) in [6, 6.07) is 10.0. The highest BCUT2D eigenvalue weighted by molar-refractivity contribution is 7.10. The number of hydrogen-bond donors (Lipinski definition) is 0. The van der Waals surface area contributed by atoms with Crippen molar-refractivity contribution < 1.29 is 18.7 Å². The van der Waals surface area contributed by atoms with E-state index in [4.69, 9.17) is 4.74 Å². The SMILES string of the molecule is COCCN(CC(=O)N1N=C(c2ccccc2F)CC1c1cccs1)C(=O)C1CC1. The van der Waals surface area contributed by atoms with Crippen LogP contribution in [0.25, 0.3) is 0 Å². The lowest BCUT2D eigenvalue weighted by Crippen LogP contribution is -2.43. The van der Waals surface area contributed by atoms with Crippen molar-refractivity contribution >= 4 is 28.9 Å². The van der Waals surface area contributed by atoms with Crippen LogP contribution in [0, 0.1) is 11.7 Å². The van der Waals surface area contributed by atoms with Gasteiger partial charge in [-0.15, -0.1) is 11.3 Å². The van der Waals surface area contributed by atoms with Gasteiger partial charge in [0.15, 0.2) is 0 Å². The number of amides is 2. The molecule has 1 unspecified atom stereocenters. The Hall–Kier alpha value is -2.58. The number of hydrazone groups is 1. The molecule has 1 fully saturated rings. The first-order valence-corrected chi connectivity index (χ1v) is 10.9. The van der Waals surface area contributed by atoms with E-state index in [2.05, 4.69) is 5.10 Å². The number of hydrogen-bond acceptors (Lipinski definition) is 5. The molecule has 1 aromatic heterocycles. The van der Waals surface area contributed by atoms with E-state index in [1.807, 2.05) is 17.5 Å². The van der Waals surface area contributed by atoms with Crippen molar-refractivity contribution in [1.82, 2.24) is 9.91 Å². The predicted molar refractivity (Wildman–Crippen MR) is 113 cm³/mol. The highest BCUT2D eigenvalue weighted by atomic mass is 32.1. The molecule has 1 atom stereocenters. The van der Waals surface area contributed by atoms with Gasteiger partial charge in [-0.05, 0) is 30.4 Å². The minimum Gasteiger partial charge on any atom is -0.383 e. The maximum absolute atomic E-state index is 14.3. The molecule has 2 aliphatic rings. The Balaban J connectivity index is 1.58. The molecule has 0 saturated heterocycles. The largest absolute Gasteiger partial charge is 0.383 e. The van der Waals surface area contributed by atoms with Crippen LogP contribution in [0.4, 0.5) is 4.39 Å². The normalized spacial score (nSPS) is 18.4. The molecule has 8 heteroatoms. The molecule has 0 radical (unpaired) electrons. The van der Waals surface area contributed by atoms with Crippen molar-refractivity contribution in [3.8, 4) is 0 Å². The highest BCUT2D eigenvalue weighted by Gasteiger charge is 2.38. The van der Waals surface area contributed by atoms with E-state index in [0.29, 0.717) is 30.8 Å². The van der Waals surface area contributed by atoms with Gasteiger partial charge in [-0.25, -0.2) is 9.40 Å². The molecule has 1 aromatic carbocycles. The van der Waals surface area contributed by atoms with Gasteiger partial charge in [0.1, 0.15) is 12.4 Å². The number of thiophene rings is 1. The predicted octanol–water partition coefficient (Wildman–Crippen LogP) is 3.45. The standard InChI is InChI=1S/C22H24FN3O3S/c1-29-11-10-25(22(28)15-8-9-15)14-21(27)26-19(20-7-4-12-30-20)13-18(24-26)16-5-2-3-6-17(16)23/h2-7,12,15,19H,8-11,13-14H2,1H3. The first-order valence-electron chi connectivity index (χ1n) is 10.0. The molecular formula is C22H24FN3O3S. The second-order valence-corrected chi connectivity index (χ2v) is 8.51. The number of nitrogens with zero attached hydrogens (tertiary/aromatic N) is 3. The summed E-state index contributed by atoms with van der Waals surface area (Å²) in [5, 5.41) is 7.88. The quantitative estimate of drug-likeness (QED) is 0.646. The van der Waals surface area contributed by atoms with Crippen LogP contribution in [0.1, 0.15) is 35.7 Å². The second-order valence-electron chi connectivity index (χ2n) is 7.53. The van der Waals surface area contributed by atoms with Crippen LogP contribution < -0.4 is 0 Å². The average Bonchev–Trinajstić information content (AvgIpc) is 3.27. The van der Waals surface area contributed by atoms with Gasteiger partial charge >= 0.3 is 0 Å². The molecule has 1 saturated carbocycles. The van der Waals surface area contributed by atoms with Gasteiger partial charge in [0.2, 0.25) is 5.91 Å². The molecule has 0 spiro atoms. The van der Waals surface area contributed by atoms with Crippen molar-refractivity contribution in [3.05, 3.63) is 58.0 Å². The molecule has 2 amide bonds. The topological polar surface area (TPSA) is 62.2 Å². The number of methoxy groups -OCH3 is 1. The molecule has 2 aromatic rings. The molecule has 158 valence electrons. The van der Waals surface area contributed by atoms with Crippen molar-refractivity contribution in [2.45, 2.75) is 25.3 Å². The molecule has 1 aliphatic heterocycles. The number of ether oxygens (including phenoxy) is 1. The molecule has 2 heterocycles. The first-order chi connectivity index (χ1) is 14.6. The lowest BCUT2D eigenvalue weighted by molar-refractivity contribution is -0.142. The minimum absolute atomic E-state index is 0.00872. The summed E-state index contributed by atoms with van der Waals surface area (Å²) in [7, 11) is 1.57. The third-order valence-electron chi connectivity index (χ3n) is 5.35. The average molecular weight is 430 g/mol.